The van der Waals surface area contributed by atoms with E-state index in [0.717, 1.165) is 10.1 Å². The van der Waals surface area contributed by atoms with E-state index in [2.05, 4.69) is 5.32 Å². The van der Waals surface area contributed by atoms with Gasteiger partial charge in [0.25, 0.3) is 5.56 Å². The number of benzene rings is 3. The zero-order chi connectivity index (χ0) is 30.4. The number of carboxylic acids is 1. The zero-order valence-corrected chi connectivity index (χ0v) is 23.2. The largest absolute Gasteiger partial charge is 0.488 e. The summed E-state index contributed by atoms with van der Waals surface area (Å²) in [7, 11) is 0. The standard InChI is InChI=1S/C33H26F2N2O6/c1-17-4-3-5-26-28(17)21-12-18(2)29(35)23(14-21)25(15-27(38)39)36-32(40)30(22-13-19(16-43-26)6-7-24(22)34)37-10-8-20-9-11-42-31(20)33(37)41/h3-14,25,30H,15-16H2,1-2H3,(H,36,40)(H,38,39)/t25-,30+/m0/s1. The highest BCUT2D eigenvalue weighted by Crippen LogP contribution is 2.38. The first-order chi connectivity index (χ1) is 20.6. The van der Waals surface area contributed by atoms with E-state index in [1.165, 1.54) is 36.7 Å². The number of aliphatic carboxylic acids is 1. The van der Waals surface area contributed by atoms with Crippen LogP contribution in [0.3, 0.4) is 0 Å². The van der Waals surface area contributed by atoms with Crippen molar-refractivity contribution in [3.8, 4) is 16.9 Å². The minimum Gasteiger partial charge on any atom is -0.488 e. The van der Waals surface area contributed by atoms with Crippen molar-refractivity contribution in [3.63, 3.8) is 0 Å². The van der Waals surface area contributed by atoms with E-state index in [1.807, 2.05) is 19.1 Å². The van der Waals surface area contributed by atoms with Crippen molar-refractivity contribution in [2.75, 3.05) is 0 Å². The van der Waals surface area contributed by atoms with E-state index >= 15 is 8.78 Å². The van der Waals surface area contributed by atoms with Gasteiger partial charge in [0.1, 0.15) is 30.0 Å². The van der Waals surface area contributed by atoms with Crippen LogP contribution < -0.4 is 15.6 Å². The predicted molar refractivity (Wildman–Crippen MR) is 154 cm³/mol. The van der Waals surface area contributed by atoms with Crippen molar-refractivity contribution < 1.29 is 32.6 Å². The van der Waals surface area contributed by atoms with Gasteiger partial charge in [-0.1, -0.05) is 18.2 Å². The number of aromatic nitrogens is 1. The maximum Gasteiger partial charge on any atom is 0.305 e. The Hall–Kier alpha value is -5.25. The van der Waals surface area contributed by atoms with Gasteiger partial charge in [0.2, 0.25) is 5.91 Å². The highest BCUT2D eigenvalue weighted by Gasteiger charge is 2.32. The molecule has 0 saturated carbocycles. The van der Waals surface area contributed by atoms with Gasteiger partial charge < -0.3 is 19.6 Å². The molecule has 0 unspecified atom stereocenters. The molecule has 0 fully saturated rings. The summed E-state index contributed by atoms with van der Waals surface area (Å²) in [5, 5.41) is 12.9. The van der Waals surface area contributed by atoms with Gasteiger partial charge in [-0.25, -0.2) is 8.78 Å². The Bertz CT molecular complexity index is 1980. The molecule has 1 aliphatic rings. The molecule has 2 N–H and O–H groups in total. The Kier molecular flexibility index (Phi) is 7.05. The molecule has 0 aliphatic carbocycles. The van der Waals surface area contributed by atoms with Gasteiger partial charge in [0.05, 0.1) is 18.7 Å². The number of pyridine rings is 1. The van der Waals surface area contributed by atoms with Crippen LogP contribution >= 0.6 is 0 Å². The lowest BCUT2D eigenvalue weighted by Crippen LogP contribution is -2.40. The molecule has 6 rings (SSSR count). The monoisotopic (exact) mass is 584 g/mol. The number of ether oxygens (including phenoxy) is 1. The number of aryl methyl sites for hydroxylation is 2. The highest BCUT2D eigenvalue weighted by atomic mass is 19.1. The number of carboxylic acid groups (broad SMARTS) is 1. The minimum absolute atomic E-state index is 0.00113. The molecule has 2 atom stereocenters. The maximum atomic E-state index is 15.8. The van der Waals surface area contributed by atoms with Crippen LogP contribution in [0.2, 0.25) is 0 Å². The molecule has 3 heterocycles. The molecule has 8 nitrogen and oxygen atoms in total. The first-order valence-corrected chi connectivity index (χ1v) is 13.5. The Morgan fingerprint density at radius 1 is 1.02 bits per heavy atom. The van der Waals surface area contributed by atoms with Crippen LogP contribution in [0.4, 0.5) is 8.78 Å². The van der Waals surface area contributed by atoms with E-state index in [1.54, 1.807) is 31.2 Å². The number of furan rings is 1. The smallest absolute Gasteiger partial charge is 0.305 e. The summed E-state index contributed by atoms with van der Waals surface area (Å²) in [6.07, 6.45) is 1.99. The molecule has 1 amide bonds. The second-order valence-corrected chi connectivity index (χ2v) is 10.6. The summed E-state index contributed by atoms with van der Waals surface area (Å²) in [5.74, 6) is -3.20. The second kappa shape index (κ2) is 10.9. The van der Waals surface area contributed by atoms with Crippen molar-refractivity contribution in [3.05, 3.63) is 123 Å². The Labute approximate surface area is 244 Å². The summed E-state index contributed by atoms with van der Waals surface area (Å²) in [5.41, 5.74) is 1.84. The van der Waals surface area contributed by atoms with Crippen molar-refractivity contribution in [2.24, 2.45) is 0 Å². The number of nitrogens with one attached hydrogen (secondary N) is 1. The normalized spacial score (nSPS) is 16.6. The maximum absolute atomic E-state index is 15.8. The molecule has 218 valence electrons. The van der Waals surface area contributed by atoms with Crippen LogP contribution in [0.25, 0.3) is 22.1 Å². The van der Waals surface area contributed by atoms with Crippen LogP contribution in [-0.2, 0) is 16.2 Å². The van der Waals surface area contributed by atoms with Crippen LogP contribution in [0.1, 0.15) is 46.3 Å². The summed E-state index contributed by atoms with van der Waals surface area (Å²) in [6.45, 7) is 3.41. The quantitative estimate of drug-likeness (QED) is 0.270. The van der Waals surface area contributed by atoms with E-state index in [0.29, 0.717) is 27.8 Å². The number of halogens is 2. The summed E-state index contributed by atoms with van der Waals surface area (Å²) < 4.78 is 43.9. The summed E-state index contributed by atoms with van der Waals surface area (Å²) in [6, 6.07) is 12.8. The average Bonchev–Trinajstić information content (AvgIpc) is 3.45. The fraction of sp³-hybridized carbons (Fsp3) is 0.182. The van der Waals surface area contributed by atoms with E-state index < -0.39 is 47.6 Å². The van der Waals surface area contributed by atoms with Gasteiger partial charge in [-0.3, -0.25) is 19.0 Å². The fourth-order valence-electron chi connectivity index (χ4n) is 5.63. The molecular formula is C33H26F2N2O6. The van der Waals surface area contributed by atoms with Crippen molar-refractivity contribution >= 4 is 22.8 Å². The highest BCUT2D eigenvalue weighted by molar-refractivity contribution is 5.86. The molecule has 0 saturated heterocycles. The van der Waals surface area contributed by atoms with Crippen LogP contribution in [-0.4, -0.2) is 21.6 Å². The average molecular weight is 585 g/mol. The number of rotatable bonds is 3. The van der Waals surface area contributed by atoms with Gasteiger partial charge in [0.15, 0.2) is 5.58 Å². The molecule has 0 spiro atoms. The predicted octanol–water partition coefficient (Wildman–Crippen LogP) is 5.97. The van der Waals surface area contributed by atoms with Gasteiger partial charge in [-0.2, -0.15) is 0 Å². The molecular weight excluding hydrogens is 558 g/mol. The van der Waals surface area contributed by atoms with Gasteiger partial charge in [0, 0.05) is 28.3 Å². The minimum atomic E-state index is -1.59. The molecule has 43 heavy (non-hydrogen) atoms. The molecule has 3 aromatic carbocycles. The number of hydrogen-bond acceptors (Lipinski definition) is 5. The van der Waals surface area contributed by atoms with E-state index in [4.69, 9.17) is 9.15 Å². The molecule has 2 aromatic heterocycles. The van der Waals surface area contributed by atoms with E-state index in [-0.39, 0.29) is 28.9 Å². The van der Waals surface area contributed by atoms with Crippen molar-refractivity contribution in [1.29, 1.82) is 0 Å². The Morgan fingerprint density at radius 2 is 1.84 bits per heavy atom. The summed E-state index contributed by atoms with van der Waals surface area (Å²) >= 11 is 0. The molecule has 0 radical (unpaired) electrons. The second-order valence-electron chi connectivity index (χ2n) is 10.6. The number of hydrogen-bond donors (Lipinski definition) is 2. The number of amides is 1. The third-order valence-corrected chi connectivity index (χ3v) is 7.69. The lowest BCUT2D eigenvalue weighted by atomic mass is 9.91. The Morgan fingerprint density at radius 3 is 2.63 bits per heavy atom. The SMILES string of the molecule is Cc1cc2cc(c1F)[C@H](CC(=O)O)NC(=O)[C@H](n1ccc3ccoc3c1=O)c1cc(ccc1F)COc1cccc(C)c1-2. The molecule has 4 bridgehead atoms. The van der Waals surface area contributed by atoms with E-state index in [9.17, 15) is 19.5 Å². The molecule has 1 aliphatic heterocycles. The fourth-order valence-corrected chi connectivity index (χ4v) is 5.63. The number of carbonyl (C=O) groups excluding carboxylic acids is 1. The topological polar surface area (TPSA) is 111 Å². The first-order valence-electron chi connectivity index (χ1n) is 13.5. The van der Waals surface area contributed by atoms with Crippen molar-refractivity contribution in [1.82, 2.24) is 9.88 Å². The number of carbonyl (C=O) groups is 2. The van der Waals surface area contributed by atoms with Crippen molar-refractivity contribution in [2.45, 2.75) is 39.0 Å². The number of nitrogens with zero attached hydrogens (tertiary/aromatic N) is 1. The lowest BCUT2D eigenvalue weighted by molar-refractivity contribution is -0.137. The Balaban J connectivity index is 1.62. The first kappa shape index (κ1) is 27.9. The van der Waals surface area contributed by atoms with Crippen LogP contribution in [0.5, 0.6) is 5.75 Å². The van der Waals surface area contributed by atoms with Crippen LogP contribution in [0.15, 0.2) is 82.3 Å². The van der Waals surface area contributed by atoms with Crippen LogP contribution in [0, 0.1) is 25.5 Å². The molecule has 10 heteroatoms. The lowest BCUT2D eigenvalue weighted by Gasteiger charge is -2.26. The third-order valence-electron chi connectivity index (χ3n) is 7.69. The zero-order valence-electron chi connectivity index (χ0n) is 23.2. The number of fused-ring (bicyclic) bond motifs is 7. The van der Waals surface area contributed by atoms with Gasteiger partial charge >= 0.3 is 5.97 Å². The summed E-state index contributed by atoms with van der Waals surface area (Å²) in [4.78, 5) is 39.6. The van der Waals surface area contributed by atoms with Gasteiger partial charge in [-0.15, -0.1) is 0 Å². The molecule has 5 aromatic rings. The third kappa shape index (κ3) is 5.05. The van der Waals surface area contributed by atoms with Gasteiger partial charge in [-0.05, 0) is 78.6 Å².